The minimum Gasteiger partial charge on any atom is -0.385 e. The van der Waals surface area contributed by atoms with Gasteiger partial charge in [-0.15, -0.1) is 0 Å². The number of methoxy groups -OCH3 is 1. The highest BCUT2D eigenvalue weighted by molar-refractivity contribution is 4.87. The van der Waals surface area contributed by atoms with Gasteiger partial charge in [0.2, 0.25) is 0 Å². The molecule has 1 N–H and O–H groups in total. The minimum atomic E-state index is 0.311. The molecule has 1 fully saturated rings. The first-order valence-electron chi connectivity index (χ1n) is 5.11. The second-order valence-corrected chi connectivity index (χ2v) is 4.32. The fourth-order valence-electron chi connectivity index (χ4n) is 1.84. The second-order valence-electron chi connectivity index (χ2n) is 4.32. The Labute approximate surface area is 81.4 Å². The Balaban J connectivity index is 2.29. The van der Waals surface area contributed by atoms with E-state index in [2.05, 4.69) is 24.1 Å². The molecule has 0 aromatic heterocycles. The van der Waals surface area contributed by atoms with Crippen molar-refractivity contribution in [3.8, 4) is 0 Å². The van der Waals surface area contributed by atoms with Crippen molar-refractivity contribution in [3.05, 3.63) is 0 Å². The zero-order valence-electron chi connectivity index (χ0n) is 9.10. The van der Waals surface area contributed by atoms with Crippen molar-refractivity contribution in [2.24, 2.45) is 0 Å². The summed E-state index contributed by atoms with van der Waals surface area (Å²) in [5.41, 5.74) is 0.311. The fraction of sp³-hybridized carbons (Fsp3) is 1.00. The first-order chi connectivity index (χ1) is 6.17. The van der Waals surface area contributed by atoms with Gasteiger partial charge < -0.3 is 10.1 Å². The molecule has 1 heterocycles. The maximum absolute atomic E-state index is 5.06. The van der Waals surface area contributed by atoms with Crippen molar-refractivity contribution in [2.75, 3.05) is 39.9 Å². The summed E-state index contributed by atoms with van der Waals surface area (Å²) < 4.78 is 5.06. The molecule has 3 nitrogen and oxygen atoms in total. The minimum absolute atomic E-state index is 0.311. The third-order valence-corrected chi connectivity index (χ3v) is 2.75. The highest BCUT2D eigenvalue weighted by Crippen LogP contribution is 2.15. The zero-order valence-corrected chi connectivity index (χ0v) is 9.10. The van der Waals surface area contributed by atoms with E-state index >= 15 is 0 Å². The van der Waals surface area contributed by atoms with Gasteiger partial charge in [-0.2, -0.15) is 0 Å². The van der Waals surface area contributed by atoms with Crippen LogP contribution in [0.15, 0.2) is 0 Å². The molecule has 0 aliphatic carbocycles. The molecule has 13 heavy (non-hydrogen) atoms. The number of ether oxygens (including phenoxy) is 1. The predicted molar refractivity (Wildman–Crippen MR) is 55.0 cm³/mol. The Kier molecular flexibility index (Phi) is 4.16. The summed E-state index contributed by atoms with van der Waals surface area (Å²) in [7, 11) is 1.77. The number of nitrogens with one attached hydrogen (secondary N) is 1. The van der Waals surface area contributed by atoms with E-state index in [-0.39, 0.29) is 0 Å². The third-order valence-electron chi connectivity index (χ3n) is 2.75. The van der Waals surface area contributed by atoms with Crippen LogP contribution in [0.2, 0.25) is 0 Å². The van der Waals surface area contributed by atoms with E-state index in [1.807, 2.05) is 0 Å². The summed E-state index contributed by atoms with van der Waals surface area (Å²) in [6.45, 7) is 10.0. The van der Waals surface area contributed by atoms with Gasteiger partial charge in [-0.1, -0.05) is 0 Å². The molecule has 1 rings (SSSR count). The van der Waals surface area contributed by atoms with Crippen LogP contribution in [0.4, 0.5) is 0 Å². The van der Waals surface area contributed by atoms with Crippen LogP contribution in [-0.2, 0) is 4.74 Å². The van der Waals surface area contributed by atoms with Gasteiger partial charge in [0.1, 0.15) is 0 Å². The number of hydrogen-bond donors (Lipinski definition) is 1. The molecule has 3 heteroatoms. The molecular weight excluding hydrogens is 164 g/mol. The molecule has 78 valence electrons. The van der Waals surface area contributed by atoms with Crippen LogP contribution in [0.3, 0.4) is 0 Å². The summed E-state index contributed by atoms with van der Waals surface area (Å²) in [4.78, 5) is 2.54. The molecule has 0 spiro atoms. The Morgan fingerprint density at radius 2 is 2.23 bits per heavy atom. The molecule has 0 amide bonds. The SMILES string of the molecule is COCCCN1CCNCC1(C)C. The lowest BCUT2D eigenvalue weighted by molar-refractivity contribution is 0.0776. The Hall–Kier alpha value is -0.120. The van der Waals surface area contributed by atoms with Crippen molar-refractivity contribution in [1.82, 2.24) is 10.2 Å². The highest BCUT2D eigenvalue weighted by Gasteiger charge is 2.28. The van der Waals surface area contributed by atoms with E-state index in [9.17, 15) is 0 Å². The van der Waals surface area contributed by atoms with Gasteiger partial charge in [0.25, 0.3) is 0 Å². The van der Waals surface area contributed by atoms with E-state index < -0.39 is 0 Å². The van der Waals surface area contributed by atoms with E-state index in [4.69, 9.17) is 4.74 Å². The second kappa shape index (κ2) is 4.94. The quantitative estimate of drug-likeness (QED) is 0.654. The van der Waals surface area contributed by atoms with Crippen LogP contribution < -0.4 is 5.32 Å². The van der Waals surface area contributed by atoms with Crippen molar-refractivity contribution in [3.63, 3.8) is 0 Å². The first kappa shape index (κ1) is 11.0. The van der Waals surface area contributed by atoms with Crippen LogP contribution in [0, 0.1) is 0 Å². The molecule has 0 aromatic carbocycles. The van der Waals surface area contributed by atoms with Crippen molar-refractivity contribution in [1.29, 1.82) is 0 Å². The fourth-order valence-corrected chi connectivity index (χ4v) is 1.84. The maximum atomic E-state index is 5.06. The molecule has 0 atom stereocenters. The van der Waals surface area contributed by atoms with E-state index in [0.717, 1.165) is 39.2 Å². The standard InChI is InChI=1S/C10H22N2O/c1-10(2)9-11-5-7-12(10)6-4-8-13-3/h11H,4-9H2,1-3H3. The molecule has 1 aliphatic rings. The smallest absolute Gasteiger partial charge is 0.0474 e. The number of nitrogens with zero attached hydrogens (tertiary/aromatic N) is 1. The molecular formula is C10H22N2O. The average Bonchev–Trinajstić information content (AvgIpc) is 2.08. The summed E-state index contributed by atoms with van der Waals surface area (Å²) in [5, 5.41) is 3.42. The van der Waals surface area contributed by atoms with Crippen LogP contribution in [0.25, 0.3) is 0 Å². The lowest BCUT2D eigenvalue weighted by Gasteiger charge is -2.42. The van der Waals surface area contributed by atoms with Crippen LogP contribution in [0.1, 0.15) is 20.3 Å². The van der Waals surface area contributed by atoms with Gasteiger partial charge in [0.15, 0.2) is 0 Å². The van der Waals surface area contributed by atoms with Gasteiger partial charge in [-0.3, -0.25) is 4.90 Å². The summed E-state index contributed by atoms with van der Waals surface area (Å²) in [6.07, 6.45) is 1.14. The number of hydrogen-bond acceptors (Lipinski definition) is 3. The molecule has 0 unspecified atom stereocenters. The monoisotopic (exact) mass is 186 g/mol. The van der Waals surface area contributed by atoms with E-state index in [0.29, 0.717) is 5.54 Å². The first-order valence-corrected chi connectivity index (χ1v) is 5.11. The van der Waals surface area contributed by atoms with Gasteiger partial charge in [-0.05, 0) is 20.3 Å². The molecule has 0 aromatic rings. The lowest BCUT2D eigenvalue weighted by atomic mass is 10.00. The Morgan fingerprint density at radius 1 is 1.46 bits per heavy atom. The topological polar surface area (TPSA) is 24.5 Å². The van der Waals surface area contributed by atoms with Gasteiger partial charge >= 0.3 is 0 Å². The highest BCUT2D eigenvalue weighted by atomic mass is 16.5. The summed E-state index contributed by atoms with van der Waals surface area (Å²) >= 11 is 0. The Bertz CT molecular complexity index is 148. The van der Waals surface area contributed by atoms with Crippen LogP contribution in [0.5, 0.6) is 0 Å². The summed E-state index contributed by atoms with van der Waals surface area (Å²) in [5.74, 6) is 0. The summed E-state index contributed by atoms with van der Waals surface area (Å²) in [6, 6.07) is 0. The molecule has 0 bridgehead atoms. The average molecular weight is 186 g/mol. The lowest BCUT2D eigenvalue weighted by Crippen LogP contribution is -2.58. The number of piperazine rings is 1. The molecule has 0 radical (unpaired) electrons. The Morgan fingerprint density at radius 3 is 2.85 bits per heavy atom. The van der Waals surface area contributed by atoms with Crippen molar-refractivity contribution in [2.45, 2.75) is 25.8 Å². The maximum Gasteiger partial charge on any atom is 0.0474 e. The third kappa shape index (κ3) is 3.25. The number of rotatable bonds is 4. The van der Waals surface area contributed by atoms with E-state index in [1.165, 1.54) is 0 Å². The van der Waals surface area contributed by atoms with Crippen molar-refractivity contribution >= 4 is 0 Å². The molecule has 1 saturated heterocycles. The molecule has 0 saturated carbocycles. The van der Waals surface area contributed by atoms with Crippen LogP contribution >= 0.6 is 0 Å². The van der Waals surface area contributed by atoms with E-state index in [1.54, 1.807) is 7.11 Å². The normalized spacial score (nSPS) is 23.3. The van der Waals surface area contributed by atoms with Crippen molar-refractivity contribution < 1.29 is 4.74 Å². The predicted octanol–water partition coefficient (Wildman–Crippen LogP) is 0.707. The van der Waals surface area contributed by atoms with Gasteiger partial charge in [0.05, 0.1) is 0 Å². The zero-order chi connectivity index (χ0) is 9.73. The largest absolute Gasteiger partial charge is 0.385 e. The van der Waals surface area contributed by atoms with Crippen LogP contribution in [-0.4, -0.2) is 50.3 Å². The van der Waals surface area contributed by atoms with Gasteiger partial charge in [0, 0.05) is 45.4 Å². The molecule has 1 aliphatic heterocycles. The van der Waals surface area contributed by atoms with Gasteiger partial charge in [-0.25, -0.2) is 0 Å².